The van der Waals surface area contributed by atoms with E-state index in [0.717, 1.165) is 11.1 Å². The average Bonchev–Trinajstić information content (AvgIpc) is 2.92. The second-order valence-corrected chi connectivity index (χ2v) is 9.73. The summed E-state index contributed by atoms with van der Waals surface area (Å²) in [6.45, 7) is 1.12. The first kappa shape index (κ1) is 25.2. The number of benzene rings is 4. The molecule has 0 saturated carbocycles. The minimum absolute atomic E-state index is 0.0709. The lowest BCUT2D eigenvalue weighted by molar-refractivity contribution is -0.146. The maximum Gasteiger partial charge on any atom is 0.339 e. The molecular weight excluding hydrogens is 474 g/mol. The Balaban J connectivity index is 1.46. The summed E-state index contributed by atoms with van der Waals surface area (Å²) in [6.07, 6.45) is 0. The summed E-state index contributed by atoms with van der Waals surface area (Å²) in [5.74, 6) is -0.793. The third-order valence-electron chi connectivity index (χ3n) is 5.55. The highest BCUT2D eigenvalue weighted by Crippen LogP contribution is 2.24. The van der Waals surface area contributed by atoms with Gasteiger partial charge in [0.15, 0.2) is 0 Å². The van der Waals surface area contributed by atoms with Gasteiger partial charge in [-0.25, -0.2) is 0 Å². The monoisotopic (exact) mass is 501 g/mol. The predicted octanol–water partition coefficient (Wildman–Crippen LogP) is 5.07. The van der Waals surface area contributed by atoms with Crippen molar-refractivity contribution in [1.82, 2.24) is 5.32 Å². The van der Waals surface area contributed by atoms with Crippen molar-refractivity contribution < 1.29 is 22.1 Å². The first-order valence-electron chi connectivity index (χ1n) is 11.6. The molecule has 6 nitrogen and oxygen atoms in total. The van der Waals surface area contributed by atoms with Crippen LogP contribution < -0.4 is 9.50 Å². The van der Waals surface area contributed by atoms with Crippen LogP contribution in [0.15, 0.2) is 120 Å². The lowest BCUT2D eigenvalue weighted by Crippen LogP contribution is -2.28. The quantitative estimate of drug-likeness (QED) is 0.228. The highest BCUT2D eigenvalue weighted by molar-refractivity contribution is 7.87. The van der Waals surface area contributed by atoms with Crippen LogP contribution in [0.3, 0.4) is 0 Å². The molecule has 0 radical (unpaired) electrons. The van der Waals surface area contributed by atoms with Gasteiger partial charge in [-0.05, 0) is 41.0 Å². The Hall–Kier alpha value is -3.94. The van der Waals surface area contributed by atoms with E-state index in [2.05, 4.69) is 5.32 Å². The minimum atomic E-state index is -3.95. The summed E-state index contributed by atoms with van der Waals surface area (Å²) in [5.41, 5.74) is 2.69. The van der Waals surface area contributed by atoms with E-state index in [-0.39, 0.29) is 23.2 Å². The topological polar surface area (TPSA) is 81.7 Å². The predicted molar refractivity (Wildman–Crippen MR) is 138 cm³/mol. The molecule has 0 saturated heterocycles. The maximum absolute atomic E-state index is 13.1. The molecule has 0 amide bonds. The van der Waals surface area contributed by atoms with Crippen molar-refractivity contribution in [3.05, 3.63) is 132 Å². The largest absolute Gasteiger partial charge is 0.460 e. The average molecular weight is 502 g/mol. The van der Waals surface area contributed by atoms with Crippen molar-refractivity contribution in [1.29, 1.82) is 0 Å². The number of carbonyl (C=O) groups excluding carboxylic acids is 1. The number of ether oxygens (including phenoxy) is 1. The molecule has 0 bridgehead atoms. The van der Waals surface area contributed by atoms with Crippen LogP contribution in [0.4, 0.5) is 0 Å². The molecule has 7 heteroatoms. The Morgan fingerprint density at radius 2 is 1.28 bits per heavy atom. The molecule has 0 spiro atoms. The van der Waals surface area contributed by atoms with Gasteiger partial charge < -0.3 is 14.2 Å². The third kappa shape index (κ3) is 7.04. The fraction of sp³-hybridized carbons (Fsp3) is 0.138. The van der Waals surface area contributed by atoms with Crippen LogP contribution in [0.25, 0.3) is 0 Å². The fourth-order valence-electron chi connectivity index (χ4n) is 3.64. The number of nitrogens with one attached hydrogen (secondary N) is 1. The lowest BCUT2D eigenvalue weighted by Gasteiger charge is -2.18. The first-order chi connectivity index (χ1) is 17.5. The molecule has 4 aromatic rings. The van der Waals surface area contributed by atoms with E-state index in [4.69, 9.17) is 8.92 Å². The molecule has 0 aliphatic carbocycles. The van der Waals surface area contributed by atoms with Gasteiger partial charge in [0.2, 0.25) is 0 Å². The van der Waals surface area contributed by atoms with Gasteiger partial charge >= 0.3 is 16.1 Å². The molecule has 1 atom stereocenters. The zero-order valence-corrected chi connectivity index (χ0v) is 20.4. The van der Waals surface area contributed by atoms with Crippen LogP contribution in [0, 0.1) is 0 Å². The van der Waals surface area contributed by atoms with Gasteiger partial charge in [-0.1, -0.05) is 91.0 Å². The lowest BCUT2D eigenvalue weighted by atomic mass is 9.99. The third-order valence-corrected chi connectivity index (χ3v) is 6.81. The molecule has 184 valence electrons. The van der Waals surface area contributed by atoms with Gasteiger partial charge in [-0.2, -0.15) is 8.42 Å². The van der Waals surface area contributed by atoms with E-state index < -0.39 is 16.0 Å². The molecule has 1 N–H and O–H groups in total. The van der Waals surface area contributed by atoms with Crippen molar-refractivity contribution in [2.75, 3.05) is 6.54 Å². The summed E-state index contributed by atoms with van der Waals surface area (Å²) < 4.78 is 35.9. The van der Waals surface area contributed by atoms with E-state index in [9.17, 15) is 13.2 Å². The molecule has 0 aliphatic rings. The number of carbonyl (C=O) groups is 1. The van der Waals surface area contributed by atoms with E-state index in [1.54, 1.807) is 42.5 Å². The molecule has 0 aliphatic heterocycles. The summed E-state index contributed by atoms with van der Waals surface area (Å²) in [7, 11) is -3.95. The molecular formula is C29H27NO5S. The SMILES string of the molecule is O=C(OCc1ccccc1)C(CNCc1ccccc1)c1ccc(OS(=O)(=O)c2ccccc2)cc1. The highest BCUT2D eigenvalue weighted by Gasteiger charge is 2.23. The van der Waals surface area contributed by atoms with Gasteiger partial charge in [-0.3, -0.25) is 4.79 Å². The Morgan fingerprint density at radius 1 is 0.722 bits per heavy atom. The zero-order valence-electron chi connectivity index (χ0n) is 19.6. The molecule has 4 rings (SSSR count). The van der Waals surface area contributed by atoms with Crippen molar-refractivity contribution in [2.45, 2.75) is 24.0 Å². The van der Waals surface area contributed by atoms with Gasteiger partial charge in [0, 0.05) is 13.1 Å². The van der Waals surface area contributed by atoms with Crippen LogP contribution in [-0.2, 0) is 32.8 Å². The van der Waals surface area contributed by atoms with Gasteiger partial charge in [-0.15, -0.1) is 0 Å². The van der Waals surface area contributed by atoms with Crippen molar-refractivity contribution in [3.8, 4) is 5.75 Å². The van der Waals surface area contributed by atoms with E-state index in [0.29, 0.717) is 18.7 Å². The summed E-state index contributed by atoms with van der Waals surface area (Å²) in [5, 5.41) is 3.33. The van der Waals surface area contributed by atoms with Gasteiger partial charge in [0.1, 0.15) is 17.3 Å². The number of hydrogen-bond donors (Lipinski definition) is 1. The summed E-state index contributed by atoms with van der Waals surface area (Å²) in [6, 6.07) is 33.8. The molecule has 0 aromatic heterocycles. The normalized spacial score (nSPS) is 12.0. The van der Waals surface area contributed by atoms with E-state index in [1.807, 2.05) is 60.7 Å². The molecule has 36 heavy (non-hydrogen) atoms. The summed E-state index contributed by atoms with van der Waals surface area (Å²) in [4.78, 5) is 13.1. The highest BCUT2D eigenvalue weighted by atomic mass is 32.2. The van der Waals surface area contributed by atoms with Crippen LogP contribution >= 0.6 is 0 Å². The molecule has 0 heterocycles. The zero-order chi connectivity index (χ0) is 25.2. The number of hydrogen-bond acceptors (Lipinski definition) is 6. The first-order valence-corrected chi connectivity index (χ1v) is 13.0. The second-order valence-electron chi connectivity index (χ2n) is 8.18. The molecule has 4 aromatic carbocycles. The Morgan fingerprint density at radius 3 is 1.89 bits per heavy atom. The maximum atomic E-state index is 13.1. The van der Waals surface area contributed by atoms with Gasteiger partial charge in [0.25, 0.3) is 0 Å². The van der Waals surface area contributed by atoms with E-state index >= 15 is 0 Å². The molecule has 0 fully saturated rings. The standard InChI is InChI=1S/C29H27NO5S/c31-29(34-22-24-12-6-2-7-13-24)28(21-30-20-23-10-4-1-5-11-23)25-16-18-26(19-17-25)35-36(32,33)27-14-8-3-9-15-27/h1-19,28,30H,20-22H2. The Kier molecular flexibility index (Phi) is 8.49. The van der Waals surface area contributed by atoms with Crippen LogP contribution in [-0.4, -0.2) is 20.9 Å². The van der Waals surface area contributed by atoms with Gasteiger partial charge in [0.05, 0.1) is 5.92 Å². The molecule has 1 unspecified atom stereocenters. The smallest absolute Gasteiger partial charge is 0.339 e. The Labute approximate surface area is 211 Å². The number of esters is 1. The van der Waals surface area contributed by atoms with Crippen molar-refractivity contribution >= 4 is 16.1 Å². The fourth-order valence-corrected chi connectivity index (χ4v) is 4.59. The summed E-state index contributed by atoms with van der Waals surface area (Å²) >= 11 is 0. The van der Waals surface area contributed by atoms with Crippen LogP contribution in [0.1, 0.15) is 22.6 Å². The second kappa shape index (κ2) is 12.2. The number of rotatable bonds is 11. The van der Waals surface area contributed by atoms with Crippen LogP contribution in [0.5, 0.6) is 5.75 Å². The van der Waals surface area contributed by atoms with Crippen molar-refractivity contribution in [2.24, 2.45) is 0 Å². The minimum Gasteiger partial charge on any atom is -0.460 e. The van der Waals surface area contributed by atoms with Crippen LogP contribution in [0.2, 0.25) is 0 Å². The van der Waals surface area contributed by atoms with Crippen molar-refractivity contribution in [3.63, 3.8) is 0 Å². The Bertz CT molecular complexity index is 1340. The van der Waals surface area contributed by atoms with E-state index in [1.165, 1.54) is 12.1 Å².